The number of hydrogen-bond acceptors (Lipinski definition) is 3. The molecule has 0 spiro atoms. The lowest BCUT2D eigenvalue weighted by Gasteiger charge is -2.42. The Labute approximate surface area is 156 Å². The number of rotatable bonds is 3. The summed E-state index contributed by atoms with van der Waals surface area (Å²) >= 11 is 0. The van der Waals surface area contributed by atoms with Crippen LogP contribution in [0.25, 0.3) is 22.0 Å². The van der Waals surface area contributed by atoms with E-state index in [1.54, 1.807) is 18.5 Å². The summed E-state index contributed by atoms with van der Waals surface area (Å²) in [7, 11) is 0. The normalized spacial score (nSPS) is 15.6. The standard InChI is InChI=1S/C22H19FN4/c23-19-4-1-3-17-18(13-25-20(17)19)22(9-2-10-22)16-7-5-14(6-8-16)15-11-26-21(24)27-12-15/h1,3-8,11-13,25H,2,9-10H2,(H2,24,26,27). The van der Waals surface area contributed by atoms with Crippen molar-refractivity contribution >= 4 is 16.9 Å². The summed E-state index contributed by atoms with van der Waals surface area (Å²) in [5.74, 6) is 0.0716. The first-order valence-corrected chi connectivity index (χ1v) is 9.12. The van der Waals surface area contributed by atoms with Crippen LogP contribution in [0.5, 0.6) is 0 Å². The minimum Gasteiger partial charge on any atom is -0.368 e. The van der Waals surface area contributed by atoms with Crippen molar-refractivity contribution in [1.29, 1.82) is 0 Å². The number of halogens is 1. The summed E-state index contributed by atoms with van der Waals surface area (Å²) in [6.45, 7) is 0. The zero-order chi connectivity index (χ0) is 18.4. The predicted molar refractivity (Wildman–Crippen MR) is 105 cm³/mol. The van der Waals surface area contributed by atoms with E-state index in [9.17, 15) is 4.39 Å². The Bertz CT molecular complexity index is 1110. The second kappa shape index (κ2) is 5.91. The molecule has 1 aliphatic rings. The molecule has 5 rings (SSSR count). The number of fused-ring (bicyclic) bond motifs is 1. The van der Waals surface area contributed by atoms with Crippen molar-refractivity contribution in [1.82, 2.24) is 15.0 Å². The molecule has 1 saturated carbocycles. The lowest BCUT2D eigenvalue weighted by atomic mass is 9.60. The Morgan fingerprint density at radius 1 is 0.963 bits per heavy atom. The SMILES string of the molecule is Nc1ncc(-c2ccc(C3(c4c[nH]c5c(F)cccc45)CCC3)cc2)cn1. The molecule has 134 valence electrons. The average molecular weight is 358 g/mol. The van der Waals surface area contributed by atoms with Gasteiger partial charge in [0.25, 0.3) is 0 Å². The molecular weight excluding hydrogens is 339 g/mol. The molecule has 2 heterocycles. The number of nitrogens with zero attached hydrogens (tertiary/aromatic N) is 2. The van der Waals surface area contributed by atoms with Gasteiger partial charge in [0.1, 0.15) is 5.82 Å². The van der Waals surface area contributed by atoms with Gasteiger partial charge in [0.2, 0.25) is 5.95 Å². The molecule has 4 nitrogen and oxygen atoms in total. The number of benzene rings is 2. The Hall–Kier alpha value is -3.21. The van der Waals surface area contributed by atoms with Gasteiger partial charge in [-0.05, 0) is 35.6 Å². The Balaban J connectivity index is 1.57. The predicted octanol–water partition coefficient (Wildman–Crippen LogP) is 4.82. The molecule has 3 N–H and O–H groups in total. The molecule has 0 amide bonds. The molecule has 2 aromatic carbocycles. The van der Waals surface area contributed by atoms with Crippen molar-refractivity contribution in [3.05, 3.63) is 78.0 Å². The van der Waals surface area contributed by atoms with E-state index in [2.05, 4.69) is 39.2 Å². The number of aromatic nitrogens is 3. The number of hydrogen-bond donors (Lipinski definition) is 2. The quantitative estimate of drug-likeness (QED) is 0.552. The monoisotopic (exact) mass is 358 g/mol. The van der Waals surface area contributed by atoms with Crippen LogP contribution in [0.15, 0.2) is 61.1 Å². The van der Waals surface area contributed by atoms with Gasteiger partial charge in [-0.2, -0.15) is 0 Å². The van der Waals surface area contributed by atoms with Crippen LogP contribution >= 0.6 is 0 Å². The fraction of sp³-hybridized carbons (Fsp3) is 0.182. The molecule has 27 heavy (non-hydrogen) atoms. The topological polar surface area (TPSA) is 67.6 Å². The second-order valence-corrected chi connectivity index (χ2v) is 7.21. The smallest absolute Gasteiger partial charge is 0.219 e. The molecular formula is C22H19FN4. The second-order valence-electron chi connectivity index (χ2n) is 7.21. The van der Waals surface area contributed by atoms with Crippen LogP contribution in [-0.4, -0.2) is 15.0 Å². The summed E-state index contributed by atoms with van der Waals surface area (Å²) in [6.07, 6.45) is 8.77. The maximum atomic E-state index is 14.1. The van der Waals surface area contributed by atoms with Crippen molar-refractivity contribution in [2.24, 2.45) is 0 Å². The Morgan fingerprint density at radius 2 is 1.70 bits per heavy atom. The number of para-hydroxylation sites is 1. The van der Waals surface area contributed by atoms with E-state index < -0.39 is 0 Å². The highest BCUT2D eigenvalue weighted by Crippen LogP contribution is 2.51. The maximum Gasteiger partial charge on any atom is 0.219 e. The van der Waals surface area contributed by atoms with Gasteiger partial charge in [-0.25, -0.2) is 14.4 Å². The molecule has 1 fully saturated rings. The Kier molecular flexibility index (Phi) is 3.50. The number of nitrogens with one attached hydrogen (secondary N) is 1. The van der Waals surface area contributed by atoms with Gasteiger partial charge in [-0.1, -0.05) is 42.8 Å². The lowest BCUT2D eigenvalue weighted by Crippen LogP contribution is -2.35. The number of nitrogens with two attached hydrogens (primary N) is 1. The molecule has 0 atom stereocenters. The molecule has 2 aromatic heterocycles. The van der Waals surface area contributed by atoms with Crippen molar-refractivity contribution in [2.45, 2.75) is 24.7 Å². The minimum absolute atomic E-state index is 0.0534. The van der Waals surface area contributed by atoms with Crippen molar-refractivity contribution < 1.29 is 4.39 Å². The minimum atomic E-state index is -0.202. The summed E-state index contributed by atoms with van der Waals surface area (Å²) in [5.41, 5.74) is 10.5. The Morgan fingerprint density at radius 3 is 2.37 bits per heavy atom. The zero-order valence-corrected chi connectivity index (χ0v) is 14.7. The molecule has 0 saturated heterocycles. The van der Waals surface area contributed by atoms with E-state index in [-0.39, 0.29) is 17.2 Å². The number of nitrogen functional groups attached to an aromatic ring is 1. The van der Waals surface area contributed by atoms with Gasteiger partial charge in [-0.3, -0.25) is 0 Å². The molecule has 0 aliphatic heterocycles. The number of anilines is 1. The average Bonchev–Trinajstić information content (AvgIpc) is 3.08. The van der Waals surface area contributed by atoms with E-state index in [1.807, 2.05) is 12.3 Å². The fourth-order valence-electron chi connectivity index (χ4n) is 4.23. The maximum absolute atomic E-state index is 14.1. The van der Waals surface area contributed by atoms with Crippen molar-refractivity contribution in [3.8, 4) is 11.1 Å². The number of H-pyrrole nitrogens is 1. The van der Waals surface area contributed by atoms with Crippen molar-refractivity contribution in [2.75, 3.05) is 5.73 Å². The van der Waals surface area contributed by atoms with Gasteiger partial charge in [0.05, 0.1) is 5.52 Å². The molecule has 0 bridgehead atoms. The van der Waals surface area contributed by atoms with Crippen LogP contribution in [0.3, 0.4) is 0 Å². The molecule has 0 unspecified atom stereocenters. The van der Waals surface area contributed by atoms with Gasteiger partial charge in [-0.15, -0.1) is 0 Å². The van der Waals surface area contributed by atoms with E-state index in [4.69, 9.17) is 5.73 Å². The fourth-order valence-corrected chi connectivity index (χ4v) is 4.23. The largest absolute Gasteiger partial charge is 0.368 e. The van der Waals surface area contributed by atoms with E-state index in [0.717, 1.165) is 29.4 Å². The van der Waals surface area contributed by atoms with Crippen LogP contribution in [0, 0.1) is 5.82 Å². The van der Waals surface area contributed by atoms with E-state index >= 15 is 0 Å². The lowest BCUT2D eigenvalue weighted by molar-refractivity contribution is 0.304. The highest BCUT2D eigenvalue weighted by atomic mass is 19.1. The van der Waals surface area contributed by atoms with Gasteiger partial charge in [0.15, 0.2) is 0 Å². The van der Waals surface area contributed by atoms with Crippen LogP contribution in [-0.2, 0) is 5.41 Å². The summed E-state index contributed by atoms with van der Waals surface area (Å²) < 4.78 is 14.1. The zero-order valence-electron chi connectivity index (χ0n) is 14.7. The summed E-state index contributed by atoms with van der Waals surface area (Å²) in [6, 6.07) is 13.8. The highest BCUT2D eigenvalue weighted by molar-refractivity contribution is 5.85. The first kappa shape index (κ1) is 16.0. The van der Waals surface area contributed by atoms with Gasteiger partial charge in [0, 0.05) is 35.0 Å². The molecule has 0 radical (unpaired) electrons. The van der Waals surface area contributed by atoms with Crippen LogP contribution < -0.4 is 5.73 Å². The highest BCUT2D eigenvalue weighted by Gasteiger charge is 2.42. The first-order chi connectivity index (χ1) is 13.2. The first-order valence-electron chi connectivity index (χ1n) is 9.12. The third kappa shape index (κ3) is 2.42. The molecule has 5 heteroatoms. The number of aromatic amines is 1. The van der Waals surface area contributed by atoms with E-state index in [1.165, 1.54) is 23.6 Å². The third-order valence-electron chi connectivity index (χ3n) is 5.83. The summed E-state index contributed by atoms with van der Waals surface area (Å²) in [4.78, 5) is 11.3. The molecule has 1 aliphatic carbocycles. The van der Waals surface area contributed by atoms with Gasteiger partial charge < -0.3 is 10.7 Å². The van der Waals surface area contributed by atoms with Crippen LogP contribution in [0.4, 0.5) is 10.3 Å². The van der Waals surface area contributed by atoms with Crippen LogP contribution in [0.1, 0.15) is 30.4 Å². The summed E-state index contributed by atoms with van der Waals surface area (Å²) in [5, 5.41) is 0.978. The molecule has 4 aromatic rings. The van der Waals surface area contributed by atoms with Gasteiger partial charge >= 0.3 is 0 Å². The third-order valence-corrected chi connectivity index (χ3v) is 5.83. The van der Waals surface area contributed by atoms with E-state index in [0.29, 0.717) is 5.52 Å². The van der Waals surface area contributed by atoms with Crippen LogP contribution in [0.2, 0.25) is 0 Å². The van der Waals surface area contributed by atoms with Crippen molar-refractivity contribution in [3.63, 3.8) is 0 Å².